The van der Waals surface area contributed by atoms with Gasteiger partial charge in [0.05, 0.1) is 18.9 Å². The lowest BCUT2D eigenvalue weighted by atomic mass is 10.0. The van der Waals surface area contributed by atoms with Crippen LogP contribution in [0.5, 0.6) is 0 Å². The number of unbranched alkanes of at least 4 members (excludes halogenated alkanes) is 9. The quantitative estimate of drug-likeness (QED) is 0.153. The van der Waals surface area contributed by atoms with Crippen LogP contribution in [-0.4, -0.2) is 71.2 Å². The van der Waals surface area contributed by atoms with Gasteiger partial charge in [0.1, 0.15) is 18.3 Å². The monoisotopic (exact) mass is 592 g/mol. The second-order valence-corrected chi connectivity index (χ2v) is 11.7. The molecular formula is C31H48N2O9. The number of rotatable bonds is 19. The highest BCUT2D eigenvalue weighted by atomic mass is 16.8. The first-order valence-corrected chi connectivity index (χ1v) is 15.3. The lowest BCUT2D eigenvalue weighted by molar-refractivity contribution is -0.236. The Hall–Kier alpha value is -2.73. The lowest BCUT2D eigenvalue weighted by Gasteiger charge is -2.29. The molecule has 2 saturated heterocycles. The number of carboxylic acids is 2. The van der Waals surface area contributed by atoms with Crippen molar-refractivity contribution in [2.24, 2.45) is 0 Å². The van der Waals surface area contributed by atoms with Gasteiger partial charge in [-0.15, -0.1) is 0 Å². The van der Waals surface area contributed by atoms with E-state index in [2.05, 4.69) is 17.6 Å². The maximum Gasteiger partial charge on any atom is 0.319 e. The van der Waals surface area contributed by atoms with Gasteiger partial charge in [-0.2, -0.15) is 0 Å². The molecule has 0 unspecified atom stereocenters. The van der Waals surface area contributed by atoms with Gasteiger partial charge >= 0.3 is 18.0 Å². The standard InChI is InChI=1S/C31H48N2O9/c1-4-5-6-7-8-9-10-11-12-13-18-39-29-28-27(41-31(2,3)42-28)26(40-29)23(20-25(36)37)33-30(38)32-22-16-14-21(15-17-22)19-24(34)35/h14-17,23,26-29H,4-13,18-20H2,1-3H3,(H,34,35)(H,36,37)(H2,32,33,38)/t23-,26+,27-,28-,29-/m0/s1. The molecule has 0 bridgehead atoms. The predicted octanol–water partition coefficient (Wildman–Crippen LogP) is 5.46. The van der Waals surface area contributed by atoms with E-state index >= 15 is 0 Å². The van der Waals surface area contributed by atoms with Crippen LogP contribution in [0.1, 0.15) is 97.0 Å². The highest BCUT2D eigenvalue weighted by molar-refractivity contribution is 5.89. The number of carboxylic acid groups (broad SMARTS) is 2. The van der Waals surface area contributed by atoms with Crippen molar-refractivity contribution in [2.75, 3.05) is 11.9 Å². The molecule has 11 heteroatoms. The second kappa shape index (κ2) is 16.8. The number of hydrogen-bond acceptors (Lipinski definition) is 7. The fourth-order valence-corrected chi connectivity index (χ4v) is 5.49. The zero-order valence-corrected chi connectivity index (χ0v) is 25.1. The van der Waals surface area contributed by atoms with E-state index in [0.29, 0.717) is 17.9 Å². The maximum atomic E-state index is 12.8. The molecule has 0 saturated carbocycles. The molecular weight excluding hydrogens is 544 g/mol. The Kier molecular flexibility index (Phi) is 13.5. The summed E-state index contributed by atoms with van der Waals surface area (Å²) in [4.78, 5) is 35.5. The summed E-state index contributed by atoms with van der Waals surface area (Å²) in [6.07, 6.45) is 8.85. The largest absolute Gasteiger partial charge is 0.481 e. The topological polar surface area (TPSA) is 153 Å². The molecule has 2 amide bonds. The Morgan fingerprint density at radius 3 is 2.07 bits per heavy atom. The van der Waals surface area contributed by atoms with Crippen molar-refractivity contribution in [3.8, 4) is 0 Å². The maximum absolute atomic E-state index is 12.8. The molecule has 1 aromatic carbocycles. The number of aliphatic carboxylic acids is 2. The van der Waals surface area contributed by atoms with E-state index in [4.69, 9.17) is 24.1 Å². The summed E-state index contributed by atoms with van der Waals surface area (Å²) in [6, 6.07) is 4.82. The molecule has 42 heavy (non-hydrogen) atoms. The van der Waals surface area contributed by atoms with Gasteiger partial charge in [0.25, 0.3) is 0 Å². The van der Waals surface area contributed by atoms with E-state index in [1.165, 1.54) is 44.9 Å². The van der Waals surface area contributed by atoms with Crippen molar-refractivity contribution in [3.05, 3.63) is 29.8 Å². The minimum absolute atomic E-state index is 0.129. The Morgan fingerprint density at radius 2 is 1.48 bits per heavy atom. The Morgan fingerprint density at radius 1 is 0.881 bits per heavy atom. The molecule has 0 radical (unpaired) electrons. The van der Waals surface area contributed by atoms with Crippen LogP contribution in [0.25, 0.3) is 0 Å². The van der Waals surface area contributed by atoms with Crippen LogP contribution >= 0.6 is 0 Å². The molecule has 0 aromatic heterocycles. The van der Waals surface area contributed by atoms with Gasteiger partial charge in [-0.25, -0.2) is 4.79 Å². The summed E-state index contributed by atoms with van der Waals surface area (Å²) >= 11 is 0. The van der Waals surface area contributed by atoms with Crippen LogP contribution in [-0.2, 0) is 35.0 Å². The number of carbonyl (C=O) groups excluding carboxylic acids is 1. The van der Waals surface area contributed by atoms with E-state index in [9.17, 15) is 19.5 Å². The molecule has 2 heterocycles. The van der Waals surface area contributed by atoms with Crippen molar-refractivity contribution >= 4 is 23.7 Å². The fourth-order valence-electron chi connectivity index (χ4n) is 5.49. The molecule has 236 valence electrons. The third kappa shape index (κ3) is 11.2. The SMILES string of the molecule is CCCCCCCCCCCCO[C@H]1O[C@H]([C@H](CC(=O)O)NC(=O)Nc2ccc(CC(=O)O)cc2)[C@@H]2OC(C)(C)O[C@H]12. The highest BCUT2D eigenvalue weighted by Gasteiger charge is 2.58. The lowest BCUT2D eigenvalue weighted by Crippen LogP contribution is -2.51. The van der Waals surface area contributed by atoms with Crippen LogP contribution in [0.15, 0.2) is 24.3 Å². The van der Waals surface area contributed by atoms with Gasteiger partial charge in [-0.1, -0.05) is 76.8 Å². The number of nitrogens with one attached hydrogen (secondary N) is 2. The van der Waals surface area contributed by atoms with Gasteiger partial charge < -0.3 is 39.8 Å². The number of urea groups is 1. The van der Waals surface area contributed by atoms with Crippen LogP contribution in [0, 0.1) is 0 Å². The fraction of sp³-hybridized carbons (Fsp3) is 0.710. The number of carbonyl (C=O) groups is 3. The van der Waals surface area contributed by atoms with Gasteiger partial charge in [0.15, 0.2) is 12.1 Å². The summed E-state index contributed by atoms with van der Waals surface area (Å²) in [5, 5.41) is 23.9. The molecule has 1 aromatic rings. The third-order valence-corrected chi connectivity index (χ3v) is 7.50. The Balaban J connectivity index is 1.52. The first kappa shape index (κ1) is 33.8. The predicted molar refractivity (Wildman–Crippen MR) is 156 cm³/mol. The van der Waals surface area contributed by atoms with Crippen molar-refractivity contribution in [3.63, 3.8) is 0 Å². The Labute approximate surface area is 248 Å². The molecule has 4 N–H and O–H groups in total. The highest BCUT2D eigenvalue weighted by Crippen LogP contribution is 2.40. The number of anilines is 1. The van der Waals surface area contributed by atoms with Crippen molar-refractivity contribution in [1.29, 1.82) is 0 Å². The first-order chi connectivity index (χ1) is 20.1. The minimum Gasteiger partial charge on any atom is -0.481 e. The average Bonchev–Trinajstić information content (AvgIpc) is 3.40. The van der Waals surface area contributed by atoms with E-state index in [1.54, 1.807) is 38.1 Å². The van der Waals surface area contributed by atoms with Gasteiger partial charge in [-0.05, 0) is 38.0 Å². The van der Waals surface area contributed by atoms with E-state index in [-0.39, 0.29) is 6.42 Å². The molecule has 2 aliphatic rings. The number of ether oxygens (including phenoxy) is 4. The van der Waals surface area contributed by atoms with Gasteiger partial charge in [0.2, 0.25) is 0 Å². The van der Waals surface area contributed by atoms with Crippen molar-refractivity contribution in [1.82, 2.24) is 5.32 Å². The summed E-state index contributed by atoms with van der Waals surface area (Å²) in [5.41, 5.74) is 1.02. The normalized spacial score (nSPS) is 23.3. The second-order valence-electron chi connectivity index (χ2n) is 11.7. The zero-order chi connectivity index (χ0) is 30.5. The smallest absolute Gasteiger partial charge is 0.319 e. The molecule has 0 aliphatic carbocycles. The van der Waals surface area contributed by atoms with Crippen LogP contribution in [0.2, 0.25) is 0 Å². The van der Waals surface area contributed by atoms with Crippen LogP contribution in [0.3, 0.4) is 0 Å². The number of amides is 2. The van der Waals surface area contributed by atoms with E-state index in [1.807, 2.05) is 0 Å². The number of fused-ring (bicyclic) bond motifs is 1. The molecule has 2 aliphatic heterocycles. The Bertz CT molecular complexity index is 1000. The van der Waals surface area contributed by atoms with Crippen molar-refractivity contribution < 1.29 is 43.5 Å². The molecule has 11 nitrogen and oxygen atoms in total. The van der Waals surface area contributed by atoms with Gasteiger partial charge in [0, 0.05) is 12.3 Å². The molecule has 2 fully saturated rings. The van der Waals surface area contributed by atoms with Crippen molar-refractivity contribution in [2.45, 2.75) is 134 Å². The van der Waals surface area contributed by atoms with Crippen LogP contribution < -0.4 is 10.6 Å². The van der Waals surface area contributed by atoms with E-state index in [0.717, 1.165) is 19.3 Å². The van der Waals surface area contributed by atoms with Gasteiger partial charge in [-0.3, -0.25) is 9.59 Å². The average molecular weight is 593 g/mol. The first-order valence-electron chi connectivity index (χ1n) is 15.3. The minimum atomic E-state index is -1.11. The van der Waals surface area contributed by atoms with E-state index < -0.39 is 60.8 Å². The van der Waals surface area contributed by atoms with Crippen LogP contribution in [0.4, 0.5) is 10.5 Å². The number of benzene rings is 1. The summed E-state index contributed by atoms with van der Waals surface area (Å²) in [6.45, 7) is 6.27. The molecule has 3 rings (SSSR count). The molecule has 5 atom stereocenters. The summed E-state index contributed by atoms with van der Waals surface area (Å²) in [5.74, 6) is -2.97. The third-order valence-electron chi connectivity index (χ3n) is 7.50. The molecule has 0 spiro atoms. The zero-order valence-electron chi connectivity index (χ0n) is 25.1. The number of hydrogen-bond donors (Lipinski definition) is 4. The summed E-state index contributed by atoms with van der Waals surface area (Å²) < 4.78 is 24.4. The summed E-state index contributed by atoms with van der Waals surface area (Å²) in [7, 11) is 0.